The van der Waals surface area contributed by atoms with Crippen LogP contribution in [0.15, 0.2) is 24.3 Å². The number of ether oxygens (including phenoxy) is 2. The van der Waals surface area contributed by atoms with E-state index in [2.05, 4.69) is 6.92 Å². The molecule has 1 N–H and O–H groups in total. The molecule has 8 heteroatoms. The SMILES string of the molecule is CCCCCCCCCCOC(=O)c1ccccc1C(=O)OC(CC)S(=O)(=O)O. The Bertz CT molecular complexity index is 743. The summed E-state index contributed by atoms with van der Waals surface area (Å²) < 4.78 is 41.7. The van der Waals surface area contributed by atoms with Crippen LogP contribution in [-0.4, -0.2) is 37.0 Å². The molecule has 7 nitrogen and oxygen atoms in total. The van der Waals surface area contributed by atoms with E-state index >= 15 is 0 Å². The minimum absolute atomic E-state index is 0.00209. The number of unbranched alkanes of at least 4 members (excludes halogenated alkanes) is 7. The first kappa shape index (κ1) is 25.1. The van der Waals surface area contributed by atoms with Gasteiger partial charge >= 0.3 is 22.1 Å². The fourth-order valence-electron chi connectivity index (χ4n) is 2.86. The third-order valence-corrected chi connectivity index (χ3v) is 5.60. The summed E-state index contributed by atoms with van der Waals surface area (Å²) in [5.74, 6) is -1.67. The smallest absolute Gasteiger partial charge is 0.340 e. The molecule has 0 spiro atoms. The van der Waals surface area contributed by atoms with Crippen LogP contribution >= 0.6 is 0 Å². The molecule has 0 amide bonds. The second-order valence-electron chi connectivity index (χ2n) is 6.91. The number of hydrogen-bond acceptors (Lipinski definition) is 6. The highest BCUT2D eigenvalue weighted by molar-refractivity contribution is 7.86. The van der Waals surface area contributed by atoms with E-state index in [-0.39, 0.29) is 24.2 Å². The molecule has 0 saturated carbocycles. The average Bonchev–Trinajstić information content (AvgIpc) is 2.69. The molecule has 0 saturated heterocycles. The van der Waals surface area contributed by atoms with Crippen molar-refractivity contribution < 1.29 is 32.0 Å². The Kier molecular flexibility index (Phi) is 11.5. The molecule has 164 valence electrons. The predicted molar refractivity (Wildman–Crippen MR) is 110 cm³/mol. The van der Waals surface area contributed by atoms with Crippen molar-refractivity contribution >= 4 is 22.1 Å². The van der Waals surface area contributed by atoms with Gasteiger partial charge in [-0.3, -0.25) is 4.55 Å². The number of rotatable bonds is 14. The number of benzene rings is 1. The van der Waals surface area contributed by atoms with Crippen LogP contribution in [0, 0.1) is 0 Å². The van der Waals surface area contributed by atoms with Gasteiger partial charge in [0.15, 0.2) is 0 Å². The van der Waals surface area contributed by atoms with Gasteiger partial charge in [-0.1, -0.05) is 70.9 Å². The minimum Gasteiger partial charge on any atom is -0.462 e. The summed E-state index contributed by atoms with van der Waals surface area (Å²) in [6, 6.07) is 5.87. The minimum atomic E-state index is -4.54. The van der Waals surface area contributed by atoms with Gasteiger partial charge in [0.25, 0.3) is 0 Å². The normalized spacial score (nSPS) is 12.4. The summed E-state index contributed by atoms with van der Waals surface area (Å²) in [6.07, 6.45) is 8.84. The zero-order chi connectivity index (χ0) is 21.7. The highest BCUT2D eigenvalue weighted by atomic mass is 32.2. The van der Waals surface area contributed by atoms with Gasteiger partial charge in [0.2, 0.25) is 5.44 Å². The highest BCUT2D eigenvalue weighted by Crippen LogP contribution is 2.16. The largest absolute Gasteiger partial charge is 0.462 e. The summed E-state index contributed by atoms with van der Waals surface area (Å²) in [6.45, 7) is 3.89. The van der Waals surface area contributed by atoms with Crippen LogP contribution in [0.1, 0.15) is 92.4 Å². The van der Waals surface area contributed by atoms with Crippen molar-refractivity contribution in [3.05, 3.63) is 35.4 Å². The summed E-state index contributed by atoms with van der Waals surface area (Å²) in [4.78, 5) is 24.6. The Labute approximate surface area is 173 Å². The maximum atomic E-state index is 12.3. The number of esters is 2. The topological polar surface area (TPSA) is 107 Å². The van der Waals surface area contributed by atoms with Crippen LogP contribution in [0.4, 0.5) is 0 Å². The first-order valence-corrected chi connectivity index (χ1v) is 11.7. The molecule has 0 aliphatic carbocycles. The van der Waals surface area contributed by atoms with Gasteiger partial charge in [0.05, 0.1) is 17.7 Å². The molecule has 1 rings (SSSR count). The van der Waals surface area contributed by atoms with Gasteiger partial charge in [-0.25, -0.2) is 9.59 Å². The van der Waals surface area contributed by atoms with Crippen molar-refractivity contribution in [1.82, 2.24) is 0 Å². The molecule has 29 heavy (non-hydrogen) atoms. The molecule has 0 fully saturated rings. The van der Waals surface area contributed by atoms with E-state index in [9.17, 15) is 18.0 Å². The van der Waals surface area contributed by atoms with E-state index in [1.54, 1.807) is 6.07 Å². The maximum Gasteiger partial charge on any atom is 0.340 e. The Morgan fingerprint density at radius 3 is 1.93 bits per heavy atom. The van der Waals surface area contributed by atoms with E-state index in [4.69, 9.17) is 14.0 Å². The molecular formula is C21H32O7S. The van der Waals surface area contributed by atoms with Crippen LogP contribution in [0.25, 0.3) is 0 Å². The van der Waals surface area contributed by atoms with E-state index in [1.807, 2.05) is 0 Å². The van der Waals surface area contributed by atoms with Crippen LogP contribution in [-0.2, 0) is 19.6 Å². The summed E-state index contributed by atoms with van der Waals surface area (Å²) >= 11 is 0. The van der Waals surface area contributed by atoms with Crippen molar-refractivity contribution in [3.8, 4) is 0 Å². The van der Waals surface area contributed by atoms with Crippen LogP contribution in [0.5, 0.6) is 0 Å². The van der Waals surface area contributed by atoms with Crippen molar-refractivity contribution in [2.75, 3.05) is 6.61 Å². The highest BCUT2D eigenvalue weighted by Gasteiger charge is 2.28. The van der Waals surface area contributed by atoms with E-state index < -0.39 is 27.5 Å². The fraction of sp³-hybridized carbons (Fsp3) is 0.619. The summed E-state index contributed by atoms with van der Waals surface area (Å²) in [7, 11) is -4.54. The predicted octanol–water partition coefficient (Wildman–Crippen LogP) is 4.76. The van der Waals surface area contributed by atoms with Gasteiger partial charge in [-0.15, -0.1) is 0 Å². The van der Waals surface area contributed by atoms with Gasteiger partial charge < -0.3 is 9.47 Å². The van der Waals surface area contributed by atoms with Crippen molar-refractivity contribution in [3.63, 3.8) is 0 Å². The Morgan fingerprint density at radius 1 is 0.897 bits per heavy atom. The maximum absolute atomic E-state index is 12.3. The van der Waals surface area contributed by atoms with Gasteiger partial charge in [0.1, 0.15) is 0 Å². The lowest BCUT2D eigenvalue weighted by molar-refractivity contribution is 0.0402. The van der Waals surface area contributed by atoms with Gasteiger partial charge in [0, 0.05) is 0 Å². The lowest BCUT2D eigenvalue weighted by Crippen LogP contribution is -2.27. The molecule has 1 aromatic rings. The van der Waals surface area contributed by atoms with Crippen molar-refractivity contribution in [2.24, 2.45) is 0 Å². The zero-order valence-electron chi connectivity index (χ0n) is 17.3. The first-order valence-electron chi connectivity index (χ1n) is 10.2. The van der Waals surface area contributed by atoms with Crippen molar-refractivity contribution in [1.29, 1.82) is 0 Å². The monoisotopic (exact) mass is 428 g/mol. The van der Waals surface area contributed by atoms with Gasteiger partial charge in [-0.2, -0.15) is 8.42 Å². The Balaban J connectivity index is 2.53. The summed E-state index contributed by atoms with van der Waals surface area (Å²) in [5, 5.41) is 0. The third-order valence-electron chi connectivity index (χ3n) is 4.50. The quantitative estimate of drug-likeness (QED) is 0.258. The molecule has 0 aliphatic heterocycles. The molecule has 0 bridgehead atoms. The first-order chi connectivity index (χ1) is 13.8. The molecule has 0 aromatic heterocycles. The molecule has 1 atom stereocenters. The van der Waals surface area contributed by atoms with Crippen LogP contribution in [0.2, 0.25) is 0 Å². The molecule has 0 radical (unpaired) electrons. The molecule has 1 unspecified atom stereocenters. The zero-order valence-corrected chi connectivity index (χ0v) is 18.1. The summed E-state index contributed by atoms with van der Waals surface area (Å²) in [5.41, 5.74) is -1.78. The molecular weight excluding hydrogens is 396 g/mol. The van der Waals surface area contributed by atoms with Crippen molar-refractivity contribution in [2.45, 2.75) is 77.1 Å². The van der Waals surface area contributed by atoms with Crippen LogP contribution in [0.3, 0.4) is 0 Å². The van der Waals surface area contributed by atoms with E-state index in [0.29, 0.717) is 0 Å². The molecule has 0 aliphatic rings. The van der Waals surface area contributed by atoms with Crippen LogP contribution < -0.4 is 0 Å². The van der Waals surface area contributed by atoms with E-state index in [1.165, 1.54) is 57.2 Å². The average molecular weight is 429 g/mol. The lowest BCUT2D eigenvalue weighted by atomic mass is 10.1. The Morgan fingerprint density at radius 2 is 1.41 bits per heavy atom. The van der Waals surface area contributed by atoms with E-state index in [0.717, 1.165) is 19.3 Å². The standard InChI is InChI=1S/C21H32O7S/c1-3-5-6-7-8-9-10-13-16-27-20(22)17-14-11-12-15-18(17)21(23)28-19(4-2)29(24,25)26/h11-12,14-15,19H,3-10,13,16H2,1-2H3,(H,24,25,26). The number of carbonyl (C=O) groups is 2. The third kappa shape index (κ3) is 9.41. The fourth-order valence-corrected chi connectivity index (χ4v) is 3.49. The van der Waals surface area contributed by atoms with Gasteiger partial charge in [-0.05, 0) is 25.0 Å². The number of carbonyl (C=O) groups excluding carboxylic acids is 2. The molecule has 0 heterocycles. The lowest BCUT2D eigenvalue weighted by Gasteiger charge is -2.14. The number of hydrogen-bond donors (Lipinski definition) is 1. The second kappa shape index (κ2) is 13.3. The molecule has 1 aromatic carbocycles. The Hall–Kier alpha value is -1.93. The second-order valence-corrected chi connectivity index (χ2v) is 8.47.